The van der Waals surface area contributed by atoms with Gasteiger partial charge in [0.15, 0.2) is 0 Å². The van der Waals surface area contributed by atoms with Gasteiger partial charge in [0.2, 0.25) is 0 Å². The van der Waals surface area contributed by atoms with Gasteiger partial charge in [-0.3, -0.25) is 0 Å². The lowest BCUT2D eigenvalue weighted by Gasteiger charge is -2.03. The first-order valence-corrected chi connectivity index (χ1v) is 4.60. The van der Waals surface area contributed by atoms with Gasteiger partial charge in [-0.1, -0.05) is 19.3 Å². The minimum atomic E-state index is -0.112. The molecule has 68 valence electrons. The quantitative estimate of drug-likeness (QED) is 0.552. The van der Waals surface area contributed by atoms with Gasteiger partial charge in [-0.05, 0) is 33.4 Å². The van der Waals surface area contributed by atoms with Gasteiger partial charge in [0.25, 0.3) is 0 Å². The second-order valence-electron chi connectivity index (χ2n) is 3.16. The lowest BCUT2D eigenvalue weighted by molar-refractivity contribution is 0.180. The zero-order valence-electron chi connectivity index (χ0n) is 7.77. The number of hydrogen-bond acceptors (Lipinski definition) is 2. The van der Waals surface area contributed by atoms with Crippen LogP contribution in [0.3, 0.4) is 0 Å². The highest BCUT2D eigenvalue weighted by Crippen LogP contribution is 2.04. The summed E-state index contributed by atoms with van der Waals surface area (Å²) in [5.74, 6) is 0. The summed E-state index contributed by atoms with van der Waals surface area (Å²) >= 11 is 0. The summed E-state index contributed by atoms with van der Waals surface area (Å²) in [7, 11) is 1.98. The molecule has 0 aromatic carbocycles. The van der Waals surface area contributed by atoms with E-state index in [9.17, 15) is 0 Å². The van der Waals surface area contributed by atoms with E-state index in [0.29, 0.717) is 0 Å². The maximum atomic E-state index is 8.94. The first-order valence-electron chi connectivity index (χ1n) is 4.60. The van der Waals surface area contributed by atoms with E-state index in [1.54, 1.807) is 0 Å². The zero-order chi connectivity index (χ0) is 8.53. The number of nitrogens with one attached hydrogen (secondary N) is 1. The molecule has 0 unspecified atom stereocenters. The number of hydrogen-bond donors (Lipinski definition) is 2. The molecule has 0 fully saturated rings. The summed E-state index contributed by atoms with van der Waals surface area (Å²) in [6.07, 6.45) is 5.82. The summed E-state index contributed by atoms with van der Waals surface area (Å²) < 4.78 is 0. The van der Waals surface area contributed by atoms with Gasteiger partial charge in [-0.25, -0.2) is 0 Å². The predicted octanol–water partition coefficient (Wildman–Crippen LogP) is 1.54. The largest absolute Gasteiger partial charge is 0.393 e. The van der Waals surface area contributed by atoms with Gasteiger partial charge < -0.3 is 10.4 Å². The summed E-state index contributed by atoms with van der Waals surface area (Å²) in [6.45, 7) is 2.97. The monoisotopic (exact) mass is 159 g/mol. The summed E-state index contributed by atoms with van der Waals surface area (Å²) in [4.78, 5) is 0. The summed E-state index contributed by atoms with van der Waals surface area (Å²) in [5, 5.41) is 12.1. The highest BCUT2D eigenvalue weighted by atomic mass is 16.3. The Bertz CT molecular complexity index is 74.0. The molecule has 0 aliphatic heterocycles. The maximum Gasteiger partial charge on any atom is 0.0512 e. The molecule has 0 aromatic heterocycles. The smallest absolute Gasteiger partial charge is 0.0512 e. The standard InChI is InChI=1S/C9H21NO/c1-9(11)7-5-3-4-6-8-10-2/h9-11H,3-8H2,1-2H3/t9-/m0/s1. The molecule has 0 rings (SSSR count). The second kappa shape index (κ2) is 8.02. The van der Waals surface area contributed by atoms with Gasteiger partial charge in [-0.2, -0.15) is 0 Å². The average molecular weight is 159 g/mol. The molecule has 0 spiro atoms. The van der Waals surface area contributed by atoms with Gasteiger partial charge in [0.05, 0.1) is 6.10 Å². The van der Waals surface area contributed by atoms with Crippen molar-refractivity contribution in [2.45, 2.75) is 45.1 Å². The van der Waals surface area contributed by atoms with Crippen LogP contribution in [0.2, 0.25) is 0 Å². The van der Waals surface area contributed by atoms with Gasteiger partial charge in [0.1, 0.15) is 0 Å². The van der Waals surface area contributed by atoms with E-state index in [4.69, 9.17) is 5.11 Å². The molecule has 0 aliphatic carbocycles. The molecular weight excluding hydrogens is 138 g/mol. The molecule has 0 saturated heterocycles. The fourth-order valence-electron chi connectivity index (χ4n) is 1.10. The molecule has 11 heavy (non-hydrogen) atoms. The van der Waals surface area contributed by atoms with Crippen molar-refractivity contribution < 1.29 is 5.11 Å². The van der Waals surface area contributed by atoms with Crippen molar-refractivity contribution in [2.75, 3.05) is 13.6 Å². The van der Waals surface area contributed by atoms with E-state index in [1.165, 1.54) is 25.7 Å². The molecule has 0 aromatic rings. The van der Waals surface area contributed by atoms with Crippen LogP contribution in [0, 0.1) is 0 Å². The van der Waals surface area contributed by atoms with Crippen molar-refractivity contribution in [3.63, 3.8) is 0 Å². The molecule has 0 heterocycles. The van der Waals surface area contributed by atoms with Crippen LogP contribution in [0.4, 0.5) is 0 Å². The first kappa shape index (κ1) is 10.9. The lowest BCUT2D eigenvalue weighted by Crippen LogP contribution is -2.07. The Morgan fingerprint density at radius 1 is 1.18 bits per heavy atom. The normalized spacial score (nSPS) is 13.4. The van der Waals surface area contributed by atoms with E-state index in [2.05, 4.69) is 5.32 Å². The topological polar surface area (TPSA) is 32.3 Å². The van der Waals surface area contributed by atoms with Crippen molar-refractivity contribution in [1.29, 1.82) is 0 Å². The third-order valence-electron chi connectivity index (χ3n) is 1.80. The highest BCUT2D eigenvalue weighted by Gasteiger charge is 1.94. The van der Waals surface area contributed by atoms with E-state index in [0.717, 1.165) is 13.0 Å². The van der Waals surface area contributed by atoms with Crippen molar-refractivity contribution >= 4 is 0 Å². The Labute approximate surface area is 70.0 Å². The third kappa shape index (κ3) is 9.92. The van der Waals surface area contributed by atoms with Crippen molar-refractivity contribution in [2.24, 2.45) is 0 Å². The molecule has 2 heteroatoms. The Kier molecular flexibility index (Phi) is 7.96. The first-order chi connectivity index (χ1) is 5.27. The Morgan fingerprint density at radius 2 is 1.82 bits per heavy atom. The zero-order valence-corrected chi connectivity index (χ0v) is 7.77. The molecule has 2 N–H and O–H groups in total. The van der Waals surface area contributed by atoms with E-state index in [1.807, 2.05) is 14.0 Å². The second-order valence-corrected chi connectivity index (χ2v) is 3.16. The fourth-order valence-corrected chi connectivity index (χ4v) is 1.10. The molecule has 0 aliphatic rings. The van der Waals surface area contributed by atoms with E-state index >= 15 is 0 Å². The van der Waals surface area contributed by atoms with Crippen LogP contribution in [0.25, 0.3) is 0 Å². The average Bonchev–Trinajstić information content (AvgIpc) is 1.96. The van der Waals surface area contributed by atoms with Crippen molar-refractivity contribution in [1.82, 2.24) is 5.32 Å². The Hall–Kier alpha value is -0.0800. The van der Waals surface area contributed by atoms with Crippen LogP contribution in [0.15, 0.2) is 0 Å². The molecule has 0 saturated carbocycles. The fraction of sp³-hybridized carbons (Fsp3) is 1.00. The SMILES string of the molecule is CNCCCCCC[C@H](C)O. The van der Waals surface area contributed by atoms with Crippen molar-refractivity contribution in [3.05, 3.63) is 0 Å². The summed E-state index contributed by atoms with van der Waals surface area (Å²) in [5.41, 5.74) is 0. The molecular formula is C9H21NO. The molecule has 0 amide bonds. The van der Waals surface area contributed by atoms with Crippen LogP contribution < -0.4 is 5.32 Å². The maximum absolute atomic E-state index is 8.94. The van der Waals surface area contributed by atoms with Crippen LogP contribution >= 0.6 is 0 Å². The van der Waals surface area contributed by atoms with Gasteiger partial charge >= 0.3 is 0 Å². The highest BCUT2D eigenvalue weighted by molar-refractivity contribution is 4.49. The summed E-state index contributed by atoms with van der Waals surface area (Å²) in [6, 6.07) is 0. The van der Waals surface area contributed by atoms with Crippen LogP contribution in [-0.2, 0) is 0 Å². The number of aliphatic hydroxyl groups excluding tert-OH is 1. The van der Waals surface area contributed by atoms with Crippen LogP contribution in [0.1, 0.15) is 39.0 Å². The van der Waals surface area contributed by atoms with Crippen LogP contribution in [0.5, 0.6) is 0 Å². The number of aliphatic hydroxyl groups is 1. The van der Waals surface area contributed by atoms with Gasteiger partial charge in [-0.15, -0.1) is 0 Å². The lowest BCUT2D eigenvalue weighted by atomic mass is 10.1. The van der Waals surface area contributed by atoms with E-state index in [-0.39, 0.29) is 6.10 Å². The number of rotatable bonds is 7. The minimum absolute atomic E-state index is 0.112. The molecule has 0 bridgehead atoms. The van der Waals surface area contributed by atoms with Crippen molar-refractivity contribution in [3.8, 4) is 0 Å². The Balaban J connectivity index is 2.80. The molecule has 1 atom stereocenters. The third-order valence-corrected chi connectivity index (χ3v) is 1.80. The van der Waals surface area contributed by atoms with E-state index < -0.39 is 0 Å². The predicted molar refractivity (Wildman–Crippen MR) is 48.7 cm³/mol. The Morgan fingerprint density at radius 3 is 2.36 bits per heavy atom. The van der Waals surface area contributed by atoms with Gasteiger partial charge in [0, 0.05) is 0 Å². The van der Waals surface area contributed by atoms with Crippen LogP contribution in [-0.4, -0.2) is 24.8 Å². The molecule has 0 radical (unpaired) electrons. The minimum Gasteiger partial charge on any atom is -0.393 e. The number of unbranched alkanes of at least 4 members (excludes halogenated alkanes) is 3. The molecule has 2 nitrogen and oxygen atoms in total.